The number of hydrogen-bond donors (Lipinski definition) is 1. The van der Waals surface area contributed by atoms with Crippen LogP contribution in [0.1, 0.15) is 23.5 Å². The fraction of sp³-hybridized carbons (Fsp3) is 0.588. The Morgan fingerprint density at radius 2 is 1.92 bits per heavy atom. The van der Waals surface area contributed by atoms with Gasteiger partial charge in [0.25, 0.3) is 5.91 Å². The summed E-state index contributed by atoms with van der Waals surface area (Å²) in [4.78, 5) is 42.3. The van der Waals surface area contributed by atoms with Crippen LogP contribution in [0, 0.1) is 0 Å². The number of rotatable bonds is 6. The van der Waals surface area contributed by atoms with Gasteiger partial charge in [-0.3, -0.25) is 19.3 Å². The molecule has 1 aromatic rings. The van der Waals surface area contributed by atoms with E-state index in [0.717, 1.165) is 0 Å². The summed E-state index contributed by atoms with van der Waals surface area (Å²) in [5, 5.41) is 4.72. The molecule has 3 amide bonds. The van der Waals surface area contributed by atoms with Crippen molar-refractivity contribution in [3.63, 3.8) is 0 Å². The summed E-state index contributed by atoms with van der Waals surface area (Å²) in [5.74, 6) is -0.179. The van der Waals surface area contributed by atoms with Gasteiger partial charge in [0.1, 0.15) is 0 Å². The summed E-state index contributed by atoms with van der Waals surface area (Å²) in [5.41, 5.74) is 0. The third-order valence-electron chi connectivity index (χ3n) is 3.99. The van der Waals surface area contributed by atoms with E-state index in [2.05, 4.69) is 5.32 Å². The molecule has 0 unspecified atom stereocenters. The van der Waals surface area contributed by atoms with Gasteiger partial charge >= 0.3 is 0 Å². The van der Waals surface area contributed by atoms with Crippen molar-refractivity contribution >= 4 is 29.1 Å². The minimum Gasteiger partial charge on any atom is -0.353 e. The lowest BCUT2D eigenvalue weighted by molar-refractivity contribution is -0.133. The van der Waals surface area contributed by atoms with Crippen LogP contribution < -0.4 is 5.32 Å². The second kappa shape index (κ2) is 8.96. The van der Waals surface area contributed by atoms with Crippen LogP contribution in [0.25, 0.3) is 0 Å². The molecule has 0 radical (unpaired) electrons. The maximum Gasteiger partial charge on any atom is 0.264 e. The van der Waals surface area contributed by atoms with E-state index < -0.39 is 0 Å². The van der Waals surface area contributed by atoms with Crippen molar-refractivity contribution in [2.75, 3.05) is 46.3 Å². The number of hydrogen-bond acceptors (Lipinski definition) is 5. The van der Waals surface area contributed by atoms with Crippen molar-refractivity contribution in [2.45, 2.75) is 19.9 Å². The first kappa shape index (κ1) is 19.4. The smallest absolute Gasteiger partial charge is 0.264 e. The van der Waals surface area contributed by atoms with Crippen LogP contribution in [0.5, 0.6) is 0 Å². The number of amides is 3. The molecule has 1 aliphatic heterocycles. The Kier molecular flexibility index (Phi) is 6.95. The first-order chi connectivity index (χ1) is 11.9. The van der Waals surface area contributed by atoms with E-state index in [4.69, 9.17) is 0 Å². The predicted octanol–water partition coefficient (Wildman–Crippen LogP) is 0.489. The first-order valence-corrected chi connectivity index (χ1v) is 9.33. The molecule has 0 atom stereocenters. The summed E-state index contributed by atoms with van der Waals surface area (Å²) in [6.45, 7) is 6.79. The topological polar surface area (TPSA) is 73.0 Å². The maximum atomic E-state index is 12.4. The lowest BCUT2D eigenvalue weighted by Gasteiger charge is -2.35. The quantitative estimate of drug-likeness (QED) is 0.795. The highest BCUT2D eigenvalue weighted by Gasteiger charge is 2.24. The highest BCUT2D eigenvalue weighted by atomic mass is 32.1. The molecule has 1 N–H and O–H groups in total. The molecule has 2 rings (SSSR count). The number of thiophene rings is 1. The second-order valence-corrected chi connectivity index (χ2v) is 7.47. The van der Waals surface area contributed by atoms with Crippen molar-refractivity contribution in [1.29, 1.82) is 0 Å². The van der Waals surface area contributed by atoms with Crippen LogP contribution in [-0.2, 0) is 9.59 Å². The Labute approximate surface area is 152 Å². The van der Waals surface area contributed by atoms with Gasteiger partial charge in [0.05, 0.1) is 18.0 Å². The number of carbonyl (C=O) groups is 3. The molecule has 8 heteroatoms. The van der Waals surface area contributed by atoms with Gasteiger partial charge in [0.15, 0.2) is 0 Å². The molecule has 1 fully saturated rings. The van der Waals surface area contributed by atoms with E-state index in [1.54, 1.807) is 18.0 Å². The molecule has 0 saturated carbocycles. The summed E-state index contributed by atoms with van der Waals surface area (Å²) in [6.07, 6.45) is 0. The number of piperazine rings is 1. The number of nitrogens with one attached hydrogen (secondary N) is 1. The zero-order valence-corrected chi connectivity index (χ0v) is 15.8. The molecule has 1 saturated heterocycles. The van der Waals surface area contributed by atoms with Crippen LogP contribution in [0.15, 0.2) is 17.5 Å². The third-order valence-corrected chi connectivity index (χ3v) is 4.85. The van der Waals surface area contributed by atoms with Gasteiger partial charge in [-0.15, -0.1) is 11.3 Å². The zero-order chi connectivity index (χ0) is 18.4. The fourth-order valence-corrected chi connectivity index (χ4v) is 3.41. The first-order valence-electron chi connectivity index (χ1n) is 8.45. The average Bonchev–Trinajstić information content (AvgIpc) is 3.08. The SMILES string of the molecule is CC(C)NC(=O)CN1CCN(C(=O)CN(C)C(=O)c2cccs2)CC1. The standard InChI is InChI=1S/C17H26N4O3S/c1-13(2)18-15(22)11-20-6-8-21(9-7-20)16(23)12-19(3)17(24)14-5-4-10-25-14/h4-5,10,13H,6-9,11-12H2,1-3H3,(H,18,22). The Morgan fingerprint density at radius 3 is 2.48 bits per heavy atom. The van der Waals surface area contributed by atoms with Gasteiger partial charge in [0, 0.05) is 39.3 Å². The monoisotopic (exact) mass is 366 g/mol. The second-order valence-electron chi connectivity index (χ2n) is 6.52. The molecule has 25 heavy (non-hydrogen) atoms. The summed E-state index contributed by atoms with van der Waals surface area (Å²) in [6, 6.07) is 3.71. The van der Waals surface area contributed by atoms with Crippen molar-refractivity contribution in [3.05, 3.63) is 22.4 Å². The molecule has 0 aromatic carbocycles. The van der Waals surface area contributed by atoms with Gasteiger partial charge in [-0.2, -0.15) is 0 Å². The van der Waals surface area contributed by atoms with Gasteiger partial charge in [-0.25, -0.2) is 0 Å². The Morgan fingerprint density at radius 1 is 1.24 bits per heavy atom. The van der Waals surface area contributed by atoms with E-state index in [9.17, 15) is 14.4 Å². The van der Waals surface area contributed by atoms with Gasteiger partial charge in [-0.1, -0.05) is 6.07 Å². The molecular weight excluding hydrogens is 340 g/mol. The maximum absolute atomic E-state index is 12.4. The normalized spacial score (nSPS) is 15.3. The Balaban J connectivity index is 1.75. The molecule has 0 spiro atoms. The van der Waals surface area contributed by atoms with Crippen molar-refractivity contribution in [2.24, 2.45) is 0 Å². The largest absolute Gasteiger partial charge is 0.353 e. The zero-order valence-electron chi connectivity index (χ0n) is 15.0. The van der Waals surface area contributed by atoms with E-state index in [-0.39, 0.29) is 30.3 Å². The van der Waals surface area contributed by atoms with Crippen molar-refractivity contribution < 1.29 is 14.4 Å². The van der Waals surface area contributed by atoms with Gasteiger partial charge in [-0.05, 0) is 25.3 Å². The molecule has 1 aromatic heterocycles. The van der Waals surface area contributed by atoms with Crippen molar-refractivity contribution in [1.82, 2.24) is 20.0 Å². The van der Waals surface area contributed by atoms with Crippen LogP contribution in [0.4, 0.5) is 0 Å². The van der Waals surface area contributed by atoms with E-state index in [0.29, 0.717) is 37.6 Å². The van der Waals surface area contributed by atoms with Gasteiger partial charge in [0.2, 0.25) is 11.8 Å². The lowest BCUT2D eigenvalue weighted by atomic mass is 10.3. The van der Waals surface area contributed by atoms with Gasteiger partial charge < -0.3 is 15.1 Å². The fourth-order valence-electron chi connectivity index (χ4n) is 2.69. The molecular formula is C17H26N4O3S. The van der Waals surface area contributed by atoms with Crippen LogP contribution in [0.2, 0.25) is 0 Å². The Hall–Kier alpha value is -1.93. The lowest BCUT2D eigenvalue weighted by Crippen LogP contribution is -2.53. The minimum absolute atomic E-state index is 0.0102. The van der Waals surface area contributed by atoms with E-state index in [1.165, 1.54) is 16.2 Å². The molecule has 0 bridgehead atoms. The molecule has 1 aliphatic rings. The average molecular weight is 366 g/mol. The predicted molar refractivity (Wildman–Crippen MR) is 97.6 cm³/mol. The number of likely N-dealkylation sites (N-methyl/N-ethyl adjacent to an activating group) is 1. The summed E-state index contributed by atoms with van der Waals surface area (Å²) >= 11 is 1.37. The third kappa shape index (κ3) is 5.82. The molecule has 7 nitrogen and oxygen atoms in total. The van der Waals surface area contributed by atoms with Crippen LogP contribution >= 0.6 is 11.3 Å². The Bertz CT molecular complexity index is 595. The highest BCUT2D eigenvalue weighted by Crippen LogP contribution is 2.11. The summed E-state index contributed by atoms with van der Waals surface area (Å²) in [7, 11) is 1.65. The highest BCUT2D eigenvalue weighted by molar-refractivity contribution is 7.12. The molecule has 2 heterocycles. The number of carbonyl (C=O) groups excluding carboxylic acids is 3. The van der Waals surface area contributed by atoms with Crippen molar-refractivity contribution in [3.8, 4) is 0 Å². The number of nitrogens with zero attached hydrogens (tertiary/aromatic N) is 3. The minimum atomic E-state index is -0.132. The molecule has 138 valence electrons. The van der Waals surface area contributed by atoms with Crippen LogP contribution in [-0.4, -0.2) is 84.8 Å². The van der Waals surface area contributed by atoms with E-state index >= 15 is 0 Å². The summed E-state index contributed by atoms with van der Waals surface area (Å²) < 4.78 is 0. The van der Waals surface area contributed by atoms with Crippen LogP contribution in [0.3, 0.4) is 0 Å². The van der Waals surface area contributed by atoms with E-state index in [1.807, 2.05) is 30.2 Å². The molecule has 0 aliphatic carbocycles.